The number of hydrogen-bond acceptors (Lipinski definition) is 3. The number of cyclic esters (lactones) is 1. The molecule has 0 fully saturated rings. The van der Waals surface area contributed by atoms with Crippen LogP contribution in [0.2, 0.25) is 0 Å². The summed E-state index contributed by atoms with van der Waals surface area (Å²) in [6.07, 6.45) is 1.72. The Kier molecular flexibility index (Phi) is 3.48. The zero-order chi connectivity index (χ0) is 13.9. The van der Waals surface area contributed by atoms with Crippen LogP contribution >= 0.6 is 15.9 Å². The van der Waals surface area contributed by atoms with Crippen molar-refractivity contribution in [3.8, 4) is 0 Å². The second-order valence-corrected chi connectivity index (χ2v) is 5.17. The summed E-state index contributed by atoms with van der Waals surface area (Å²) in [5.74, 6) is -0.0951. The van der Waals surface area contributed by atoms with Crippen LogP contribution in [0, 0.1) is 0 Å². The number of rotatable bonds is 2. The van der Waals surface area contributed by atoms with E-state index in [1.165, 1.54) is 0 Å². The lowest BCUT2D eigenvalue weighted by atomic mass is 10.2. The number of carbonyl (C=O) groups excluding carboxylic acids is 1. The van der Waals surface area contributed by atoms with Gasteiger partial charge in [-0.3, -0.25) is 0 Å². The largest absolute Gasteiger partial charge is 0.402 e. The van der Waals surface area contributed by atoms with E-state index in [4.69, 9.17) is 4.74 Å². The SMILES string of the molecule is O=C1OC(c2cccc(Br)c2)=N/C1=C\c1ccccc1. The van der Waals surface area contributed by atoms with Gasteiger partial charge in [-0.1, -0.05) is 52.3 Å². The van der Waals surface area contributed by atoms with Crippen LogP contribution in [0.4, 0.5) is 0 Å². The minimum Gasteiger partial charge on any atom is -0.402 e. The highest BCUT2D eigenvalue weighted by Crippen LogP contribution is 2.20. The molecule has 0 saturated heterocycles. The number of carbonyl (C=O) groups is 1. The van der Waals surface area contributed by atoms with Gasteiger partial charge in [0, 0.05) is 10.0 Å². The molecular formula is C16H10BrNO2. The molecule has 0 amide bonds. The Labute approximate surface area is 124 Å². The minimum atomic E-state index is -0.427. The molecule has 3 rings (SSSR count). The number of halogens is 1. The molecule has 0 saturated carbocycles. The van der Waals surface area contributed by atoms with E-state index in [2.05, 4.69) is 20.9 Å². The Morgan fingerprint density at radius 1 is 1.05 bits per heavy atom. The third-order valence-electron chi connectivity index (χ3n) is 2.80. The molecule has 2 aromatic rings. The Morgan fingerprint density at radius 3 is 2.60 bits per heavy atom. The first kappa shape index (κ1) is 12.8. The van der Waals surface area contributed by atoms with Crippen LogP contribution in [-0.4, -0.2) is 11.9 Å². The van der Waals surface area contributed by atoms with Gasteiger partial charge in [-0.25, -0.2) is 9.79 Å². The maximum absolute atomic E-state index is 11.8. The number of esters is 1. The summed E-state index contributed by atoms with van der Waals surface area (Å²) >= 11 is 3.38. The van der Waals surface area contributed by atoms with Gasteiger partial charge in [0.05, 0.1) is 0 Å². The molecule has 3 nitrogen and oxygen atoms in total. The van der Waals surface area contributed by atoms with Gasteiger partial charge >= 0.3 is 5.97 Å². The van der Waals surface area contributed by atoms with Gasteiger partial charge in [0.25, 0.3) is 0 Å². The fourth-order valence-electron chi connectivity index (χ4n) is 1.86. The topological polar surface area (TPSA) is 38.7 Å². The normalized spacial score (nSPS) is 16.1. The van der Waals surface area contributed by atoms with Crippen molar-refractivity contribution in [2.75, 3.05) is 0 Å². The molecule has 0 radical (unpaired) electrons. The van der Waals surface area contributed by atoms with Gasteiger partial charge in [0.1, 0.15) is 0 Å². The van der Waals surface area contributed by atoms with Crippen LogP contribution in [0.1, 0.15) is 11.1 Å². The molecule has 4 heteroatoms. The molecule has 1 aliphatic rings. The fraction of sp³-hybridized carbons (Fsp3) is 0. The van der Waals surface area contributed by atoms with Crippen LogP contribution in [0.5, 0.6) is 0 Å². The molecule has 98 valence electrons. The average Bonchev–Trinajstić information content (AvgIpc) is 2.81. The zero-order valence-electron chi connectivity index (χ0n) is 10.4. The van der Waals surface area contributed by atoms with Crippen molar-refractivity contribution in [3.63, 3.8) is 0 Å². The fourth-order valence-corrected chi connectivity index (χ4v) is 2.26. The average molecular weight is 328 g/mol. The summed E-state index contributed by atoms with van der Waals surface area (Å²) in [6, 6.07) is 17.0. The zero-order valence-corrected chi connectivity index (χ0v) is 12.0. The Bertz CT molecular complexity index is 720. The van der Waals surface area contributed by atoms with Crippen molar-refractivity contribution >= 4 is 33.9 Å². The molecule has 1 aliphatic heterocycles. The van der Waals surface area contributed by atoms with Crippen molar-refractivity contribution in [1.82, 2.24) is 0 Å². The predicted octanol–water partition coefficient (Wildman–Crippen LogP) is 3.79. The number of aliphatic imine (C=N–C) groups is 1. The summed E-state index contributed by atoms with van der Waals surface area (Å²) in [7, 11) is 0. The number of hydrogen-bond donors (Lipinski definition) is 0. The summed E-state index contributed by atoms with van der Waals surface area (Å²) in [6.45, 7) is 0. The first-order valence-corrected chi connectivity index (χ1v) is 6.85. The van der Waals surface area contributed by atoms with E-state index in [9.17, 15) is 4.79 Å². The number of nitrogens with zero attached hydrogens (tertiary/aromatic N) is 1. The van der Waals surface area contributed by atoms with Gasteiger partial charge in [-0.15, -0.1) is 0 Å². The Hall–Kier alpha value is -2.20. The van der Waals surface area contributed by atoms with Gasteiger partial charge in [-0.2, -0.15) is 0 Å². The van der Waals surface area contributed by atoms with E-state index in [1.807, 2.05) is 54.6 Å². The van der Waals surface area contributed by atoms with Gasteiger partial charge in [-0.05, 0) is 29.8 Å². The molecule has 2 aromatic carbocycles. The molecule has 0 bridgehead atoms. The van der Waals surface area contributed by atoms with Crippen molar-refractivity contribution < 1.29 is 9.53 Å². The lowest BCUT2D eigenvalue weighted by molar-refractivity contribution is -0.129. The first-order valence-electron chi connectivity index (χ1n) is 6.06. The predicted molar refractivity (Wildman–Crippen MR) is 81.2 cm³/mol. The van der Waals surface area contributed by atoms with Crippen molar-refractivity contribution in [3.05, 3.63) is 75.9 Å². The highest BCUT2D eigenvalue weighted by molar-refractivity contribution is 9.10. The van der Waals surface area contributed by atoms with Gasteiger partial charge in [0.2, 0.25) is 5.90 Å². The van der Waals surface area contributed by atoms with E-state index >= 15 is 0 Å². The smallest absolute Gasteiger partial charge is 0.363 e. The van der Waals surface area contributed by atoms with Crippen LogP contribution < -0.4 is 0 Å². The van der Waals surface area contributed by atoms with E-state index in [0.717, 1.165) is 15.6 Å². The standard InChI is InChI=1S/C16H10BrNO2/c17-13-8-4-7-12(10-13)15-18-14(16(19)20-15)9-11-5-2-1-3-6-11/h1-10H/b14-9-. The van der Waals surface area contributed by atoms with Crippen molar-refractivity contribution in [2.45, 2.75) is 0 Å². The van der Waals surface area contributed by atoms with Crippen LogP contribution in [0.15, 0.2) is 69.8 Å². The minimum absolute atomic E-state index is 0.311. The molecule has 0 N–H and O–H groups in total. The maximum Gasteiger partial charge on any atom is 0.363 e. The molecule has 0 spiro atoms. The monoisotopic (exact) mass is 327 g/mol. The molecule has 20 heavy (non-hydrogen) atoms. The second kappa shape index (κ2) is 5.43. The van der Waals surface area contributed by atoms with Gasteiger partial charge < -0.3 is 4.74 Å². The van der Waals surface area contributed by atoms with Crippen molar-refractivity contribution in [1.29, 1.82) is 0 Å². The Morgan fingerprint density at radius 2 is 1.85 bits per heavy atom. The van der Waals surface area contributed by atoms with Crippen LogP contribution in [-0.2, 0) is 9.53 Å². The van der Waals surface area contributed by atoms with Crippen LogP contribution in [0.25, 0.3) is 6.08 Å². The van der Waals surface area contributed by atoms with E-state index in [0.29, 0.717) is 11.6 Å². The molecule has 1 heterocycles. The summed E-state index contributed by atoms with van der Waals surface area (Å²) < 4.78 is 6.12. The summed E-state index contributed by atoms with van der Waals surface area (Å²) in [5.41, 5.74) is 1.99. The van der Waals surface area contributed by atoms with Crippen molar-refractivity contribution in [2.24, 2.45) is 4.99 Å². The highest BCUT2D eigenvalue weighted by atomic mass is 79.9. The third-order valence-corrected chi connectivity index (χ3v) is 3.29. The van der Waals surface area contributed by atoms with E-state index < -0.39 is 5.97 Å². The lowest BCUT2D eigenvalue weighted by Crippen LogP contribution is -2.05. The molecule has 0 aromatic heterocycles. The molecular weight excluding hydrogens is 318 g/mol. The summed E-state index contributed by atoms with van der Waals surface area (Å²) in [4.78, 5) is 16.1. The molecule has 0 unspecified atom stereocenters. The first-order chi connectivity index (χ1) is 9.72. The molecule has 0 aliphatic carbocycles. The van der Waals surface area contributed by atoms with Gasteiger partial charge in [0.15, 0.2) is 5.70 Å². The maximum atomic E-state index is 11.8. The third kappa shape index (κ3) is 2.70. The second-order valence-electron chi connectivity index (χ2n) is 4.26. The number of benzene rings is 2. The lowest BCUT2D eigenvalue weighted by Gasteiger charge is -1.99. The van der Waals surface area contributed by atoms with E-state index in [1.54, 1.807) is 6.08 Å². The highest BCUT2D eigenvalue weighted by Gasteiger charge is 2.24. The molecule has 0 atom stereocenters. The quantitative estimate of drug-likeness (QED) is 0.621. The summed E-state index contributed by atoms with van der Waals surface area (Å²) in [5, 5.41) is 0. The van der Waals surface area contributed by atoms with E-state index in [-0.39, 0.29) is 0 Å². The number of ether oxygens (including phenoxy) is 1. The Balaban J connectivity index is 1.95. The van der Waals surface area contributed by atoms with Crippen LogP contribution in [0.3, 0.4) is 0 Å².